The molecular formula is C18H14N2OS. The third kappa shape index (κ3) is 4.15. The summed E-state index contributed by atoms with van der Waals surface area (Å²) in [5.74, 6) is 1.54. The van der Waals surface area contributed by atoms with E-state index in [-0.39, 0.29) is 5.57 Å². The van der Waals surface area contributed by atoms with E-state index in [1.54, 1.807) is 0 Å². The molecule has 0 unspecified atom stereocenters. The van der Waals surface area contributed by atoms with E-state index in [0.29, 0.717) is 6.42 Å². The normalized spacial score (nSPS) is 9.41. The fourth-order valence-corrected chi connectivity index (χ4v) is 2.50. The molecule has 0 fully saturated rings. The van der Waals surface area contributed by atoms with Gasteiger partial charge in [-0.15, -0.1) is 11.8 Å². The van der Waals surface area contributed by atoms with E-state index >= 15 is 0 Å². The Hall–Kier alpha value is -2.69. The average molecular weight is 306 g/mol. The first kappa shape index (κ1) is 15.7. The lowest BCUT2D eigenvalue weighted by atomic mass is 10.1. The Balaban J connectivity index is 2.11. The molecule has 0 saturated heterocycles. The second-order valence-corrected chi connectivity index (χ2v) is 5.36. The van der Waals surface area contributed by atoms with Gasteiger partial charge in [-0.3, -0.25) is 0 Å². The minimum absolute atomic E-state index is 0.178. The highest BCUT2D eigenvalue weighted by Crippen LogP contribution is 2.25. The summed E-state index contributed by atoms with van der Waals surface area (Å²) in [6, 6.07) is 21.1. The van der Waals surface area contributed by atoms with Crippen molar-refractivity contribution in [2.24, 2.45) is 0 Å². The molecular weight excluding hydrogens is 292 g/mol. The highest BCUT2D eigenvalue weighted by Gasteiger charge is 2.07. The van der Waals surface area contributed by atoms with Crippen molar-refractivity contribution >= 4 is 11.8 Å². The van der Waals surface area contributed by atoms with E-state index < -0.39 is 0 Å². The van der Waals surface area contributed by atoms with Crippen LogP contribution in [-0.2, 0) is 6.42 Å². The number of benzene rings is 2. The molecule has 3 nitrogen and oxygen atoms in total. The van der Waals surface area contributed by atoms with Crippen LogP contribution in [0.1, 0.15) is 5.56 Å². The highest BCUT2D eigenvalue weighted by atomic mass is 32.2. The molecule has 0 aliphatic heterocycles. The van der Waals surface area contributed by atoms with Gasteiger partial charge in [-0.2, -0.15) is 10.5 Å². The number of thioether (sulfide) groups is 1. The van der Waals surface area contributed by atoms with Gasteiger partial charge in [0.1, 0.15) is 29.2 Å². The molecule has 4 heteroatoms. The standard InChI is InChI=1S/C18H14N2OS/c1-22-18(15(12-19)13-20)11-14-7-9-17(10-8-14)21-16-5-3-2-4-6-16/h2-10H,11H2,1H3. The number of para-hydroxylation sites is 1. The second-order valence-electron chi connectivity index (χ2n) is 4.46. The molecule has 0 bridgehead atoms. The maximum absolute atomic E-state index is 8.95. The number of nitriles is 2. The summed E-state index contributed by atoms with van der Waals surface area (Å²) in [6.45, 7) is 0. The fourth-order valence-electron chi connectivity index (χ4n) is 1.90. The van der Waals surface area contributed by atoms with Crippen LogP contribution in [0.3, 0.4) is 0 Å². The lowest BCUT2D eigenvalue weighted by molar-refractivity contribution is 0.482. The van der Waals surface area contributed by atoms with Gasteiger partial charge in [0, 0.05) is 11.3 Å². The summed E-state index contributed by atoms with van der Waals surface area (Å²) in [6.07, 6.45) is 2.44. The summed E-state index contributed by atoms with van der Waals surface area (Å²) >= 11 is 1.43. The smallest absolute Gasteiger partial charge is 0.139 e. The molecule has 0 radical (unpaired) electrons. The zero-order valence-electron chi connectivity index (χ0n) is 12.1. The van der Waals surface area contributed by atoms with Gasteiger partial charge in [0.2, 0.25) is 0 Å². The van der Waals surface area contributed by atoms with Crippen LogP contribution in [0.5, 0.6) is 11.5 Å². The van der Waals surface area contributed by atoms with Crippen LogP contribution in [0.4, 0.5) is 0 Å². The molecule has 2 aromatic rings. The number of rotatable bonds is 5. The van der Waals surface area contributed by atoms with E-state index in [1.807, 2.05) is 73.0 Å². The van der Waals surface area contributed by atoms with Crippen molar-refractivity contribution in [3.63, 3.8) is 0 Å². The van der Waals surface area contributed by atoms with Gasteiger partial charge < -0.3 is 4.74 Å². The molecule has 0 atom stereocenters. The molecule has 2 rings (SSSR count). The quantitative estimate of drug-likeness (QED) is 0.752. The van der Waals surface area contributed by atoms with E-state index in [9.17, 15) is 0 Å². The number of nitrogens with zero attached hydrogens (tertiary/aromatic N) is 2. The molecule has 0 N–H and O–H groups in total. The summed E-state index contributed by atoms with van der Waals surface area (Å²) in [7, 11) is 0. The van der Waals surface area contributed by atoms with E-state index in [1.165, 1.54) is 11.8 Å². The SMILES string of the molecule is CSC(Cc1ccc(Oc2ccccc2)cc1)=C(C#N)C#N. The van der Waals surface area contributed by atoms with Crippen molar-refractivity contribution in [3.05, 3.63) is 70.6 Å². The van der Waals surface area contributed by atoms with Crippen LogP contribution < -0.4 is 4.74 Å². The van der Waals surface area contributed by atoms with Crippen molar-refractivity contribution in [2.45, 2.75) is 6.42 Å². The predicted molar refractivity (Wildman–Crippen MR) is 88.4 cm³/mol. The molecule has 108 valence electrons. The summed E-state index contributed by atoms with van der Waals surface area (Å²) in [5.41, 5.74) is 1.21. The minimum atomic E-state index is 0.178. The Labute approximate surface area is 134 Å². The Morgan fingerprint density at radius 3 is 2.09 bits per heavy atom. The number of hydrogen-bond donors (Lipinski definition) is 0. The van der Waals surface area contributed by atoms with Crippen LogP contribution in [0.2, 0.25) is 0 Å². The van der Waals surface area contributed by atoms with Crippen LogP contribution >= 0.6 is 11.8 Å². The highest BCUT2D eigenvalue weighted by molar-refractivity contribution is 8.02. The van der Waals surface area contributed by atoms with Crippen LogP contribution in [-0.4, -0.2) is 6.26 Å². The minimum Gasteiger partial charge on any atom is -0.457 e. The molecule has 0 spiro atoms. The van der Waals surface area contributed by atoms with Gasteiger partial charge in [0.15, 0.2) is 0 Å². The van der Waals surface area contributed by atoms with Crippen molar-refractivity contribution in [1.29, 1.82) is 10.5 Å². The van der Waals surface area contributed by atoms with Gasteiger partial charge in [-0.1, -0.05) is 30.3 Å². The van der Waals surface area contributed by atoms with Crippen LogP contribution in [0, 0.1) is 22.7 Å². The molecule has 0 aromatic heterocycles. The molecule has 0 heterocycles. The van der Waals surface area contributed by atoms with Crippen molar-refractivity contribution in [3.8, 4) is 23.6 Å². The largest absolute Gasteiger partial charge is 0.457 e. The zero-order chi connectivity index (χ0) is 15.8. The lowest BCUT2D eigenvalue weighted by Crippen LogP contribution is -1.91. The summed E-state index contributed by atoms with van der Waals surface area (Å²) in [4.78, 5) is 0.779. The predicted octanol–water partition coefficient (Wildman–Crippen LogP) is 4.69. The van der Waals surface area contributed by atoms with Crippen LogP contribution in [0.15, 0.2) is 65.1 Å². The number of allylic oxidation sites excluding steroid dienone is 2. The maximum atomic E-state index is 8.95. The summed E-state index contributed by atoms with van der Waals surface area (Å²) < 4.78 is 5.73. The van der Waals surface area contributed by atoms with Gasteiger partial charge in [0.25, 0.3) is 0 Å². The van der Waals surface area contributed by atoms with E-state index in [2.05, 4.69) is 0 Å². The van der Waals surface area contributed by atoms with Gasteiger partial charge in [-0.05, 0) is 36.1 Å². The summed E-state index contributed by atoms with van der Waals surface area (Å²) in [5, 5.41) is 17.9. The monoisotopic (exact) mass is 306 g/mol. The maximum Gasteiger partial charge on any atom is 0.139 e. The Kier molecular flexibility index (Phi) is 5.65. The van der Waals surface area contributed by atoms with E-state index in [0.717, 1.165) is 22.0 Å². The molecule has 22 heavy (non-hydrogen) atoms. The van der Waals surface area contributed by atoms with Crippen molar-refractivity contribution in [1.82, 2.24) is 0 Å². The average Bonchev–Trinajstić information content (AvgIpc) is 2.57. The Morgan fingerprint density at radius 2 is 1.55 bits per heavy atom. The number of ether oxygens (including phenoxy) is 1. The molecule has 0 amide bonds. The van der Waals surface area contributed by atoms with Crippen LogP contribution in [0.25, 0.3) is 0 Å². The third-order valence-corrected chi connectivity index (χ3v) is 3.86. The lowest BCUT2D eigenvalue weighted by Gasteiger charge is -2.08. The van der Waals surface area contributed by atoms with Crippen molar-refractivity contribution < 1.29 is 4.74 Å². The zero-order valence-corrected chi connectivity index (χ0v) is 12.9. The molecule has 0 aliphatic rings. The topological polar surface area (TPSA) is 56.8 Å². The third-order valence-electron chi connectivity index (χ3n) is 3.02. The fraction of sp³-hybridized carbons (Fsp3) is 0.111. The van der Waals surface area contributed by atoms with Gasteiger partial charge in [-0.25, -0.2) is 0 Å². The van der Waals surface area contributed by atoms with Gasteiger partial charge in [0.05, 0.1) is 0 Å². The first-order chi connectivity index (χ1) is 10.8. The van der Waals surface area contributed by atoms with Gasteiger partial charge >= 0.3 is 0 Å². The molecule has 0 saturated carbocycles. The molecule has 2 aromatic carbocycles. The Bertz CT molecular complexity index is 721. The number of hydrogen-bond acceptors (Lipinski definition) is 4. The van der Waals surface area contributed by atoms with Crippen molar-refractivity contribution in [2.75, 3.05) is 6.26 Å². The molecule has 0 aliphatic carbocycles. The Morgan fingerprint density at radius 1 is 0.955 bits per heavy atom. The second kappa shape index (κ2) is 7.93. The first-order valence-corrected chi connectivity index (χ1v) is 7.88. The van der Waals surface area contributed by atoms with E-state index in [4.69, 9.17) is 15.3 Å². The first-order valence-electron chi connectivity index (χ1n) is 6.66.